The zero-order valence-electron chi connectivity index (χ0n) is 15.4. The molecule has 0 bridgehead atoms. The molecule has 4 rings (SSSR count). The summed E-state index contributed by atoms with van der Waals surface area (Å²) in [5.41, 5.74) is 3.36. The van der Waals surface area contributed by atoms with Gasteiger partial charge in [0.05, 0.1) is 10.2 Å². The van der Waals surface area contributed by atoms with Crippen molar-refractivity contribution in [3.8, 4) is 11.5 Å². The Balaban J connectivity index is 1.55. The second-order valence-electron chi connectivity index (χ2n) is 6.20. The van der Waals surface area contributed by atoms with Crippen molar-refractivity contribution in [1.29, 1.82) is 0 Å². The van der Waals surface area contributed by atoms with Crippen LogP contribution < -0.4 is 15.4 Å². The maximum atomic E-state index is 11.7. The molecule has 0 saturated heterocycles. The van der Waals surface area contributed by atoms with Gasteiger partial charge in [0, 0.05) is 31.1 Å². The summed E-state index contributed by atoms with van der Waals surface area (Å²) in [6, 6.07) is 17.2. The Morgan fingerprint density at radius 1 is 1.04 bits per heavy atom. The number of thiazole rings is 1. The van der Waals surface area contributed by atoms with Gasteiger partial charge in [-0.2, -0.15) is 0 Å². The van der Waals surface area contributed by atoms with Gasteiger partial charge >= 0.3 is 0 Å². The fraction of sp³-hybridized carbons (Fsp3) is 0.0952. The number of carbonyl (C=O) groups is 1. The Labute approximate surface area is 166 Å². The zero-order chi connectivity index (χ0) is 19.5. The maximum absolute atomic E-state index is 11.7. The Kier molecular flexibility index (Phi) is 4.90. The summed E-state index contributed by atoms with van der Waals surface area (Å²) in [5, 5.41) is 6.70. The lowest BCUT2D eigenvalue weighted by atomic mass is 10.2. The van der Waals surface area contributed by atoms with Crippen molar-refractivity contribution in [3.63, 3.8) is 0 Å². The van der Waals surface area contributed by atoms with Crippen molar-refractivity contribution in [3.05, 3.63) is 72.1 Å². The largest absolute Gasteiger partial charge is 0.457 e. The number of nitrogens with one attached hydrogen (secondary N) is 2. The fourth-order valence-corrected chi connectivity index (χ4v) is 3.51. The third-order valence-electron chi connectivity index (χ3n) is 4.09. The molecule has 2 aromatic heterocycles. The second kappa shape index (κ2) is 7.66. The zero-order valence-corrected chi connectivity index (χ0v) is 16.2. The fourth-order valence-electron chi connectivity index (χ4n) is 2.65. The summed E-state index contributed by atoms with van der Waals surface area (Å²) in [5.74, 6) is 0.933. The average molecular weight is 390 g/mol. The Morgan fingerprint density at radius 2 is 1.82 bits per heavy atom. The highest BCUT2D eigenvalue weighted by molar-refractivity contribution is 7.22. The van der Waals surface area contributed by atoms with E-state index in [0.717, 1.165) is 21.0 Å². The van der Waals surface area contributed by atoms with Crippen LogP contribution in [-0.2, 0) is 0 Å². The predicted octanol–water partition coefficient (Wildman–Crippen LogP) is 4.90. The minimum Gasteiger partial charge on any atom is -0.457 e. The summed E-state index contributed by atoms with van der Waals surface area (Å²) in [4.78, 5) is 20.4. The summed E-state index contributed by atoms with van der Waals surface area (Å²) >= 11 is 1.58. The lowest BCUT2D eigenvalue weighted by Crippen LogP contribution is -2.18. The molecule has 0 saturated carbocycles. The Morgan fingerprint density at radius 3 is 2.61 bits per heavy atom. The van der Waals surface area contributed by atoms with Crippen molar-refractivity contribution < 1.29 is 9.53 Å². The second-order valence-corrected chi connectivity index (χ2v) is 7.23. The van der Waals surface area contributed by atoms with E-state index in [1.807, 2.05) is 30.3 Å². The molecule has 4 aromatic rings. The molecule has 0 aliphatic rings. The third kappa shape index (κ3) is 3.94. The summed E-state index contributed by atoms with van der Waals surface area (Å²) in [6.07, 6.45) is 1.55. The van der Waals surface area contributed by atoms with E-state index in [1.165, 1.54) is 5.56 Å². The van der Waals surface area contributed by atoms with Gasteiger partial charge in [-0.3, -0.25) is 9.78 Å². The van der Waals surface area contributed by atoms with Crippen LogP contribution in [0.25, 0.3) is 10.2 Å². The molecule has 0 radical (unpaired) electrons. The first-order valence-corrected chi connectivity index (χ1v) is 9.52. The molecule has 6 nitrogen and oxygen atoms in total. The minimum atomic E-state index is -0.257. The van der Waals surface area contributed by atoms with E-state index in [0.29, 0.717) is 17.2 Å². The third-order valence-corrected chi connectivity index (χ3v) is 5.04. The van der Waals surface area contributed by atoms with Crippen LogP contribution in [0, 0.1) is 6.92 Å². The molecule has 0 aliphatic heterocycles. The highest BCUT2D eigenvalue weighted by Crippen LogP contribution is 2.32. The number of anilines is 2. The summed E-state index contributed by atoms with van der Waals surface area (Å²) in [6.45, 7) is 2.06. The lowest BCUT2D eigenvalue weighted by Gasteiger charge is -2.06. The highest BCUT2D eigenvalue weighted by atomic mass is 32.1. The number of amides is 1. The molecular formula is C21H18N4O2S. The predicted molar refractivity (Wildman–Crippen MR) is 112 cm³/mol. The first kappa shape index (κ1) is 17.9. The van der Waals surface area contributed by atoms with E-state index >= 15 is 0 Å². The number of pyridine rings is 1. The molecule has 0 fully saturated rings. The normalized spacial score (nSPS) is 10.6. The molecule has 0 spiro atoms. The monoisotopic (exact) mass is 390 g/mol. The van der Waals surface area contributed by atoms with E-state index in [2.05, 4.69) is 39.7 Å². The number of rotatable bonds is 5. The van der Waals surface area contributed by atoms with Crippen LogP contribution in [-0.4, -0.2) is 22.9 Å². The van der Waals surface area contributed by atoms with Gasteiger partial charge in [-0.25, -0.2) is 4.98 Å². The number of aryl methyl sites for hydroxylation is 1. The number of ether oxygens (including phenoxy) is 1. The van der Waals surface area contributed by atoms with E-state index in [9.17, 15) is 4.79 Å². The molecule has 0 atom stereocenters. The molecule has 7 heteroatoms. The molecule has 140 valence electrons. The number of hydrogen-bond donors (Lipinski definition) is 2. The van der Waals surface area contributed by atoms with E-state index in [-0.39, 0.29) is 5.91 Å². The molecule has 2 aromatic carbocycles. The minimum absolute atomic E-state index is 0.257. The van der Waals surface area contributed by atoms with Crippen LogP contribution in [0.15, 0.2) is 60.8 Å². The topological polar surface area (TPSA) is 76.1 Å². The maximum Gasteiger partial charge on any atom is 0.269 e. The number of fused-ring (bicyclic) bond motifs is 1. The molecular weight excluding hydrogens is 372 g/mol. The molecule has 2 heterocycles. The van der Waals surface area contributed by atoms with E-state index in [1.54, 1.807) is 36.7 Å². The Bertz CT molecular complexity index is 1140. The van der Waals surface area contributed by atoms with Crippen molar-refractivity contribution in [2.45, 2.75) is 6.92 Å². The van der Waals surface area contributed by atoms with E-state index in [4.69, 9.17) is 4.74 Å². The first-order valence-electron chi connectivity index (χ1n) is 8.71. The van der Waals surface area contributed by atoms with Gasteiger partial charge in [-0.1, -0.05) is 29.0 Å². The standard InChI is InChI=1S/C21H18N4O2S/c1-13-3-5-14(6-4-13)24-21-25-17-11-15(7-8-19(17)28-21)27-16-9-10-23-18(12-16)20(26)22-2/h3-12H,1-2H3,(H,22,26)(H,24,25). The average Bonchev–Trinajstić information content (AvgIpc) is 3.11. The highest BCUT2D eigenvalue weighted by Gasteiger charge is 2.09. The number of aromatic nitrogens is 2. The number of benzene rings is 2. The van der Waals surface area contributed by atoms with Gasteiger partial charge in [-0.15, -0.1) is 0 Å². The van der Waals surface area contributed by atoms with E-state index < -0.39 is 0 Å². The van der Waals surface area contributed by atoms with Gasteiger partial charge in [0.1, 0.15) is 17.2 Å². The van der Waals surface area contributed by atoms with Crippen LogP contribution in [0.4, 0.5) is 10.8 Å². The molecule has 28 heavy (non-hydrogen) atoms. The van der Waals surface area contributed by atoms with Crippen LogP contribution >= 0.6 is 11.3 Å². The summed E-state index contributed by atoms with van der Waals surface area (Å²) < 4.78 is 6.94. The van der Waals surface area contributed by atoms with Crippen molar-refractivity contribution in [2.75, 3.05) is 12.4 Å². The van der Waals surface area contributed by atoms with Gasteiger partial charge in [0.25, 0.3) is 5.91 Å². The SMILES string of the molecule is CNC(=O)c1cc(Oc2ccc3sc(Nc4ccc(C)cc4)nc3c2)ccn1. The van der Waals surface area contributed by atoms with Crippen LogP contribution in [0.5, 0.6) is 11.5 Å². The smallest absolute Gasteiger partial charge is 0.269 e. The number of carbonyl (C=O) groups excluding carboxylic acids is 1. The molecule has 1 amide bonds. The number of nitrogens with zero attached hydrogens (tertiary/aromatic N) is 2. The van der Waals surface area contributed by atoms with Crippen LogP contribution in [0.1, 0.15) is 16.1 Å². The molecule has 0 aliphatic carbocycles. The van der Waals surface area contributed by atoms with Crippen molar-refractivity contribution in [2.24, 2.45) is 0 Å². The molecule has 0 unspecified atom stereocenters. The Hall–Kier alpha value is -3.45. The van der Waals surface area contributed by atoms with Crippen molar-refractivity contribution in [1.82, 2.24) is 15.3 Å². The van der Waals surface area contributed by atoms with Gasteiger partial charge in [0.15, 0.2) is 5.13 Å². The molecule has 2 N–H and O–H groups in total. The van der Waals surface area contributed by atoms with Gasteiger partial charge in [-0.05, 0) is 37.3 Å². The lowest BCUT2D eigenvalue weighted by molar-refractivity contribution is 0.0958. The first-order chi connectivity index (χ1) is 13.6. The van der Waals surface area contributed by atoms with Crippen molar-refractivity contribution >= 4 is 38.3 Å². The van der Waals surface area contributed by atoms with Crippen LogP contribution in [0.2, 0.25) is 0 Å². The quantitative estimate of drug-likeness (QED) is 0.507. The van der Waals surface area contributed by atoms with Gasteiger partial charge in [0.2, 0.25) is 0 Å². The number of hydrogen-bond acceptors (Lipinski definition) is 6. The van der Waals surface area contributed by atoms with Gasteiger partial charge < -0.3 is 15.4 Å². The van der Waals surface area contributed by atoms with Crippen LogP contribution in [0.3, 0.4) is 0 Å². The summed E-state index contributed by atoms with van der Waals surface area (Å²) in [7, 11) is 1.57.